The molecule has 144 valence electrons. The summed E-state index contributed by atoms with van der Waals surface area (Å²) in [5.41, 5.74) is 9.41. The van der Waals surface area contributed by atoms with Crippen molar-refractivity contribution in [2.45, 2.75) is 37.1 Å². The summed E-state index contributed by atoms with van der Waals surface area (Å²) in [6, 6.07) is 14.2. The van der Waals surface area contributed by atoms with Crippen molar-refractivity contribution in [2.24, 2.45) is 5.92 Å². The number of fused-ring (bicyclic) bond motifs is 2. The van der Waals surface area contributed by atoms with Crippen LogP contribution in [0.3, 0.4) is 0 Å². The lowest BCUT2D eigenvalue weighted by Crippen LogP contribution is -2.11. The lowest BCUT2D eigenvalue weighted by molar-refractivity contribution is 0.535. The van der Waals surface area contributed by atoms with Gasteiger partial charge in [-0.3, -0.25) is 0 Å². The molecule has 0 amide bonds. The second-order valence-corrected chi connectivity index (χ2v) is 9.31. The average molecular weight is 395 g/mol. The highest BCUT2D eigenvalue weighted by molar-refractivity contribution is 7.92. The maximum absolute atomic E-state index is 13.5. The van der Waals surface area contributed by atoms with Crippen LogP contribution in [0.15, 0.2) is 58.3 Å². The van der Waals surface area contributed by atoms with Crippen molar-refractivity contribution in [1.82, 2.24) is 14.5 Å². The fraction of sp³-hybridized carbons (Fsp3) is 0.238. The largest absolute Gasteiger partial charge is 0.384 e. The zero-order valence-corrected chi connectivity index (χ0v) is 16.9. The number of para-hydroxylation sites is 2. The van der Waals surface area contributed by atoms with Crippen LogP contribution in [-0.2, 0) is 16.4 Å². The molecule has 0 atom stereocenters. The highest BCUT2D eigenvalue weighted by Crippen LogP contribution is 2.35. The van der Waals surface area contributed by atoms with E-state index in [1.54, 1.807) is 22.8 Å². The number of nitrogens with zero attached hydrogens (tertiary/aromatic N) is 3. The van der Waals surface area contributed by atoms with Gasteiger partial charge in [-0.1, -0.05) is 38.1 Å². The van der Waals surface area contributed by atoms with Crippen molar-refractivity contribution in [3.05, 3.63) is 54.1 Å². The lowest BCUT2D eigenvalue weighted by Gasteiger charge is -2.10. The Morgan fingerprint density at radius 3 is 2.36 bits per heavy atom. The Morgan fingerprint density at radius 2 is 1.71 bits per heavy atom. The van der Waals surface area contributed by atoms with Crippen molar-refractivity contribution in [3.63, 3.8) is 0 Å². The minimum Gasteiger partial charge on any atom is -0.384 e. The molecule has 4 rings (SSSR count). The number of aromatic nitrogens is 3. The van der Waals surface area contributed by atoms with Crippen LogP contribution in [-0.4, -0.2) is 23.0 Å². The zero-order valence-electron chi connectivity index (χ0n) is 16.0. The van der Waals surface area contributed by atoms with E-state index in [1.807, 2.05) is 37.3 Å². The predicted octanol–water partition coefficient (Wildman–Crippen LogP) is 3.96. The van der Waals surface area contributed by atoms with Crippen LogP contribution in [0.25, 0.3) is 22.2 Å². The van der Waals surface area contributed by atoms with Crippen LogP contribution in [0.5, 0.6) is 0 Å². The Balaban J connectivity index is 2.10. The molecular weight excluding hydrogens is 372 g/mol. The predicted molar refractivity (Wildman–Crippen MR) is 111 cm³/mol. The van der Waals surface area contributed by atoms with Crippen molar-refractivity contribution in [1.29, 1.82) is 0 Å². The highest BCUT2D eigenvalue weighted by atomic mass is 32.2. The molecule has 2 N–H and O–H groups in total. The second kappa shape index (κ2) is 6.60. The molecule has 0 saturated heterocycles. The Labute approximate surface area is 164 Å². The van der Waals surface area contributed by atoms with Crippen molar-refractivity contribution < 1.29 is 8.42 Å². The number of rotatable bonds is 4. The molecule has 0 bridgehead atoms. The molecule has 0 saturated carbocycles. The van der Waals surface area contributed by atoms with E-state index in [-0.39, 0.29) is 21.5 Å². The number of anilines is 1. The van der Waals surface area contributed by atoms with Gasteiger partial charge in [0, 0.05) is 6.54 Å². The summed E-state index contributed by atoms with van der Waals surface area (Å²) in [6.45, 7) is 6.51. The first-order chi connectivity index (χ1) is 13.3. The van der Waals surface area contributed by atoms with Gasteiger partial charge < -0.3 is 10.3 Å². The molecule has 2 aromatic heterocycles. The quantitative estimate of drug-likeness (QED) is 0.566. The third-order valence-electron chi connectivity index (χ3n) is 4.66. The van der Waals surface area contributed by atoms with Crippen LogP contribution in [0, 0.1) is 12.8 Å². The number of sulfone groups is 1. The van der Waals surface area contributed by atoms with Crippen molar-refractivity contribution in [2.75, 3.05) is 5.73 Å². The molecule has 0 aliphatic carbocycles. The van der Waals surface area contributed by atoms with Gasteiger partial charge >= 0.3 is 0 Å². The highest BCUT2D eigenvalue weighted by Gasteiger charge is 2.30. The minimum atomic E-state index is -3.85. The maximum atomic E-state index is 13.5. The molecule has 0 radical (unpaired) electrons. The van der Waals surface area contributed by atoms with Crippen molar-refractivity contribution >= 4 is 37.9 Å². The molecule has 4 aromatic rings. The Morgan fingerprint density at radius 1 is 1.04 bits per heavy atom. The van der Waals surface area contributed by atoms with Crippen LogP contribution >= 0.6 is 0 Å². The fourth-order valence-corrected chi connectivity index (χ4v) is 5.02. The summed E-state index contributed by atoms with van der Waals surface area (Å²) in [7, 11) is -3.85. The Bertz CT molecular complexity index is 1310. The number of hydrogen-bond donors (Lipinski definition) is 1. The van der Waals surface area contributed by atoms with Gasteiger partial charge in [0.25, 0.3) is 0 Å². The summed E-state index contributed by atoms with van der Waals surface area (Å²) < 4.78 is 28.8. The maximum Gasteiger partial charge on any atom is 0.212 e. The first-order valence-electron chi connectivity index (χ1n) is 9.15. The molecule has 7 heteroatoms. The number of benzene rings is 2. The molecular formula is C21H22N4O2S. The Kier molecular flexibility index (Phi) is 4.34. The van der Waals surface area contributed by atoms with Gasteiger partial charge in [-0.25, -0.2) is 18.4 Å². The molecule has 6 nitrogen and oxygen atoms in total. The van der Waals surface area contributed by atoms with Gasteiger partial charge in [-0.15, -0.1) is 0 Å². The topological polar surface area (TPSA) is 90.9 Å². The summed E-state index contributed by atoms with van der Waals surface area (Å²) in [5, 5.41) is 0. The van der Waals surface area contributed by atoms with E-state index in [4.69, 9.17) is 10.7 Å². The fourth-order valence-electron chi connectivity index (χ4n) is 3.40. The number of nitrogen functional groups attached to an aromatic ring is 1. The van der Waals surface area contributed by atoms with Crippen LogP contribution in [0.4, 0.5) is 5.82 Å². The molecule has 28 heavy (non-hydrogen) atoms. The van der Waals surface area contributed by atoms with Crippen LogP contribution in [0.2, 0.25) is 0 Å². The zero-order chi connectivity index (χ0) is 20.1. The molecule has 2 aromatic carbocycles. The SMILES string of the molecule is Cc1cccc(S(=O)(=O)c2c(N)n(CC(C)C)c3nc4ccccc4nc23)c1. The number of aryl methyl sites for hydroxylation is 1. The van der Waals surface area contributed by atoms with Gasteiger partial charge in [-0.2, -0.15) is 0 Å². The van der Waals surface area contributed by atoms with Crippen LogP contribution < -0.4 is 5.73 Å². The number of hydrogen-bond acceptors (Lipinski definition) is 5. The minimum absolute atomic E-state index is 0.0343. The van der Waals surface area contributed by atoms with E-state index in [1.165, 1.54) is 0 Å². The monoisotopic (exact) mass is 394 g/mol. The molecule has 2 heterocycles. The third kappa shape index (κ3) is 2.92. The smallest absolute Gasteiger partial charge is 0.212 e. The lowest BCUT2D eigenvalue weighted by atomic mass is 10.2. The summed E-state index contributed by atoms with van der Waals surface area (Å²) in [4.78, 5) is 9.57. The van der Waals surface area contributed by atoms with E-state index < -0.39 is 9.84 Å². The average Bonchev–Trinajstić information content (AvgIpc) is 2.91. The normalized spacial score (nSPS) is 12.3. The van der Waals surface area contributed by atoms with Crippen LogP contribution in [0.1, 0.15) is 19.4 Å². The van der Waals surface area contributed by atoms with E-state index in [0.29, 0.717) is 28.7 Å². The molecule has 0 spiro atoms. The van der Waals surface area contributed by atoms with Gasteiger partial charge in [0.15, 0.2) is 5.65 Å². The van der Waals surface area contributed by atoms with Crippen molar-refractivity contribution in [3.8, 4) is 0 Å². The van der Waals surface area contributed by atoms with Gasteiger partial charge in [0.05, 0.1) is 15.9 Å². The van der Waals surface area contributed by atoms with E-state index in [0.717, 1.165) is 5.56 Å². The molecule has 0 unspecified atom stereocenters. The van der Waals surface area contributed by atoms with E-state index in [9.17, 15) is 8.42 Å². The van der Waals surface area contributed by atoms with E-state index >= 15 is 0 Å². The van der Waals surface area contributed by atoms with Gasteiger partial charge in [0.2, 0.25) is 9.84 Å². The van der Waals surface area contributed by atoms with Gasteiger partial charge in [0.1, 0.15) is 16.2 Å². The first-order valence-corrected chi connectivity index (χ1v) is 10.6. The standard InChI is InChI=1S/C21H22N4O2S/c1-13(2)12-25-20(22)19(28(26,27)15-8-6-7-14(3)11-15)18-21(25)24-17-10-5-4-9-16(17)23-18/h4-11,13H,12,22H2,1-3H3. The summed E-state index contributed by atoms with van der Waals surface area (Å²) >= 11 is 0. The molecule has 0 aliphatic heterocycles. The summed E-state index contributed by atoms with van der Waals surface area (Å²) in [5.74, 6) is 0.446. The number of nitrogens with two attached hydrogens (primary N) is 1. The van der Waals surface area contributed by atoms with Gasteiger partial charge in [-0.05, 0) is 42.7 Å². The second-order valence-electron chi connectivity index (χ2n) is 7.42. The summed E-state index contributed by atoms with van der Waals surface area (Å²) in [6.07, 6.45) is 0. The molecule has 0 aliphatic rings. The molecule has 0 fully saturated rings. The first kappa shape index (κ1) is 18.4. The van der Waals surface area contributed by atoms with E-state index in [2.05, 4.69) is 18.8 Å². The Hall–Kier alpha value is -2.93. The third-order valence-corrected chi connectivity index (χ3v) is 6.48.